The van der Waals surface area contributed by atoms with Crippen LogP contribution in [0.5, 0.6) is 0 Å². The predicted octanol–water partition coefficient (Wildman–Crippen LogP) is 1.87. The number of nitrogens with one attached hydrogen (secondary N) is 1. The topological polar surface area (TPSA) is 100 Å². The van der Waals surface area contributed by atoms with Gasteiger partial charge in [-0.2, -0.15) is 0 Å². The van der Waals surface area contributed by atoms with Gasteiger partial charge in [0.25, 0.3) is 5.91 Å². The Labute approximate surface area is 156 Å². The van der Waals surface area contributed by atoms with E-state index in [1.807, 2.05) is 31.2 Å². The molecule has 9 heteroatoms. The van der Waals surface area contributed by atoms with Gasteiger partial charge in [0, 0.05) is 38.4 Å². The number of piperazine rings is 1. The Morgan fingerprint density at radius 2 is 1.85 bits per heavy atom. The third-order valence-electron chi connectivity index (χ3n) is 4.36. The zero-order valence-corrected chi connectivity index (χ0v) is 14.9. The number of amides is 1. The van der Waals surface area contributed by atoms with Gasteiger partial charge in [0.1, 0.15) is 5.82 Å². The Balaban J connectivity index is 1.34. The van der Waals surface area contributed by atoms with Gasteiger partial charge in [-0.1, -0.05) is 11.2 Å². The predicted molar refractivity (Wildman–Crippen MR) is 98.9 cm³/mol. The van der Waals surface area contributed by atoms with E-state index < -0.39 is 0 Å². The van der Waals surface area contributed by atoms with E-state index in [0.29, 0.717) is 32.0 Å². The van der Waals surface area contributed by atoms with Gasteiger partial charge in [-0.15, -0.1) is 10.2 Å². The molecule has 3 aromatic heterocycles. The summed E-state index contributed by atoms with van der Waals surface area (Å²) in [4.78, 5) is 20.4. The van der Waals surface area contributed by atoms with Crippen LogP contribution in [0.2, 0.25) is 0 Å². The molecule has 1 aliphatic rings. The number of aromatic nitrogens is 4. The van der Waals surface area contributed by atoms with Crippen molar-refractivity contribution < 1.29 is 9.32 Å². The van der Waals surface area contributed by atoms with Crippen molar-refractivity contribution in [3.8, 4) is 0 Å². The summed E-state index contributed by atoms with van der Waals surface area (Å²) in [5, 5.41) is 15.2. The van der Waals surface area contributed by atoms with Gasteiger partial charge in [-0.25, -0.2) is 4.98 Å². The van der Waals surface area contributed by atoms with Crippen LogP contribution in [0.1, 0.15) is 16.1 Å². The molecule has 0 unspecified atom stereocenters. The highest BCUT2D eigenvalue weighted by molar-refractivity contribution is 5.91. The number of carbonyl (C=O) groups is 1. The Morgan fingerprint density at radius 1 is 1.04 bits per heavy atom. The first kappa shape index (κ1) is 17.0. The largest absolute Gasteiger partial charge is 0.352 e. The molecule has 3 aromatic rings. The van der Waals surface area contributed by atoms with E-state index in [1.54, 1.807) is 17.2 Å². The average Bonchev–Trinajstić information content (AvgIpc) is 3.25. The van der Waals surface area contributed by atoms with Gasteiger partial charge in [0.2, 0.25) is 5.76 Å². The molecular formula is C18H19N7O2. The first-order valence-electron chi connectivity index (χ1n) is 8.67. The number of hydrogen-bond acceptors (Lipinski definition) is 8. The highest BCUT2D eigenvalue weighted by Crippen LogP contribution is 2.17. The van der Waals surface area contributed by atoms with Crippen LogP contribution in [-0.2, 0) is 0 Å². The molecule has 0 radical (unpaired) electrons. The third kappa shape index (κ3) is 3.86. The summed E-state index contributed by atoms with van der Waals surface area (Å²) < 4.78 is 4.94. The minimum atomic E-state index is -0.136. The molecule has 4 rings (SSSR count). The van der Waals surface area contributed by atoms with Gasteiger partial charge in [-0.05, 0) is 30.7 Å². The van der Waals surface area contributed by atoms with E-state index in [4.69, 9.17) is 4.52 Å². The number of pyridine rings is 1. The van der Waals surface area contributed by atoms with Crippen LogP contribution in [0.25, 0.3) is 0 Å². The maximum atomic E-state index is 12.3. The monoisotopic (exact) mass is 365 g/mol. The summed E-state index contributed by atoms with van der Waals surface area (Å²) in [6.45, 7) is 4.54. The second kappa shape index (κ2) is 7.40. The summed E-state index contributed by atoms with van der Waals surface area (Å²) in [6.07, 6.45) is 3.27. The molecule has 0 aliphatic carbocycles. The molecule has 138 valence electrons. The third-order valence-corrected chi connectivity index (χ3v) is 4.36. The lowest BCUT2D eigenvalue weighted by atomic mass is 10.3. The first-order valence-corrected chi connectivity index (χ1v) is 8.67. The molecule has 1 aliphatic heterocycles. The smallest absolute Gasteiger partial charge is 0.292 e. The molecule has 0 saturated carbocycles. The van der Waals surface area contributed by atoms with E-state index in [9.17, 15) is 4.79 Å². The second-order valence-electron chi connectivity index (χ2n) is 6.28. The molecule has 1 fully saturated rings. The van der Waals surface area contributed by atoms with Gasteiger partial charge in [0.15, 0.2) is 11.6 Å². The average molecular weight is 365 g/mol. The van der Waals surface area contributed by atoms with Crippen molar-refractivity contribution in [3.05, 3.63) is 54.0 Å². The minimum absolute atomic E-state index is 0.136. The van der Waals surface area contributed by atoms with Crippen LogP contribution in [-0.4, -0.2) is 57.3 Å². The maximum absolute atomic E-state index is 12.3. The Morgan fingerprint density at radius 3 is 2.48 bits per heavy atom. The molecule has 0 bridgehead atoms. The molecule has 0 aromatic carbocycles. The number of carbonyl (C=O) groups excluding carboxylic acids is 1. The second-order valence-corrected chi connectivity index (χ2v) is 6.28. The normalized spacial score (nSPS) is 14.3. The van der Waals surface area contributed by atoms with Gasteiger partial charge in [0.05, 0.1) is 6.20 Å². The summed E-state index contributed by atoms with van der Waals surface area (Å²) in [5.41, 5.74) is 1.10. The number of nitrogens with zero attached hydrogens (tertiary/aromatic N) is 6. The van der Waals surface area contributed by atoms with Gasteiger partial charge >= 0.3 is 0 Å². The fourth-order valence-corrected chi connectivity index (χ4v) is 2.85. The first-order chi connectivity index (χ1) is 13.2. The fourth-order valence-electron chi connectivity index (χ4n) is 2.85. The maximum Gasteiger partial charge on any atom is 0.292 e. The molecule has 1 saturated heterocycles. The number of rotatable bonds is 4. The van der Waals surface area contributed by atoms with E-state index in [-0.39, 0.29) is 11.7 Å². The highest BCUT2D eigenvalue weighted by atomic mass is 16.5. The fraction of sp³-hybridized carbons (Fsp3) is 0.278. The van der Waals surface area contributed by atoms with Crippen LogP contribution in [0, 0.1) is 6.92 Å². The van der Waals surface area contributed by atoms with Crippen molar-refractivity contribution in [1.82, 2.24) is 25.2 Å². The highest BCUT2D eigenvalue weighted by Gasteiger charge is 2.24. The number of hydrogen-bond donors (Lipinski definition) is 1. The van der Waals surface area contributed by atoms with Crippen molar-refractivity contribution >= 4 is 23.4 Å². The van der Waals surface area contributed by atoms with Crippen LogP contribution >= 0.6 is 0 Å². The SMILES string of the molecule is Cc1ccc(Nc2ccc(N3CCN(C(=O)c4ccno4)CC3)nn2)nc1. The molecule has 0 spiro atoms. The van der Waals surface area contributed by atoms with Crippen molar-refractivity contribution in [3.63, 3.8) is 0 Å². The Bertz CT molecular complexity index is 886. The van der Waals surface area contributed by atoms with Crippen molar-refractivity contribution in [1.29, 1.82) is 0 Å². The van der Waals surface area contributed by atoms with E-state index in [2.05, 4.69) is 30.6 Å². The molecular weight excluding hydrogens is 346 g/mol. The van der Waals surface area contributed by atoms with Crippen molar-refractivity contribution in [2.45, 2.75) is 6.92 Å². The quantitative estimate of drug-likeness (QED) is 0.748. The molecule has 1 N–H and O–H groups in total. The lowest BCUT2D eigenvalue weighted by Crippen LogP contribution is -2.49. The van der Waals surface area contributed by atoms with Crippen LogP contribution < -0.4 is 10.2 Å². The summed E-state index contributed by atoms with van der Waals surface area (Å²) in [5.74, 6) is 2.27. The molecule has 1 amide bonds. The molecule has 9 nitrogen and oxygen atoms in total. The zero-order valence-electron chi connectivity index (χ0n) is 14.9. The molecule has 4 heterocycles. The van der Waals surface area contributed by atoms with Crippen LogP contribution in [0.3, 0.4) is 0 Å². The Kier molecular flexibility index (Phi) is 4.65. The van der Waals surface area contributed by atoms with E-state index in [1.165, 1.54) is 6.20 Å². The lowest BCUT2D eigenvalue weighted by molar-refractivity contribution is 0.0704. The van der Waals surface area contributed by atoms with E-state index in [0.717, 1.165) is 17.2 Å². The lowest BCUT2D eigenvalue weighted by Gasteiger charge is -2.34. The molecule has 0 atom stereocenters. The minimum Gasteiger partial charge on any atom is -0.352 e. The van der Waals surface area contributed by atoms with Gasteiger partial charge in [-0.3, -0.25) is 4.79 Å². The Hall–Kier alpha value is -3.49. The number of anilines is 3. The summed E-state index contributed by atoms with van der Waals surface area (Å²) in [7, 11) is 0. The zero-order chi connectivity index (χ0) is 18.6. The number of aryl methyl sites for hydroxylation is 1. The van der Waals surface area contributed by atoms with Gasteiger partial charge < -0.3 is 19.6 Å². The van der Waals surface area contributed by atoms with Crippen LogP contribution in [0.15, 0.2) is 47.2 Å². The van der Waals surface area contributed by atoms with Crippen molar-refractivity contribution in [2.75, 3.05) is 36.4 Å². The summed E-state index contributed by atoms with van der Waals surface area (Å²) in [6, 6.07) is 9.24. The summed E-state index contributed by atoms with van der Waals surface area (Å²) >= 11 is 0. The standard InChI is InChI=1S/C18H19N7O2/c1-13-2-3-15(19-12-13)21-16-4-5-17(23-22-16)24-8-10-25(11-9-24)18(26)14-6-7-20-27-14/h2-7,12H,8-11H2,1H3,(H,19,21,22). The van der Waals surface area contributed by atoms with Crippen molar-refractivity contribution in [2.24, 2.45) is 0 Å². The molecule has 27 heavy (non-hydrogen) atoms. The van der Waals surface area contributed by atoms with Crippen LogP contribution in [0.4, 0.5) is 17.5 Å². The van der Waals surface area contributed by atoms with E-state index >= 15 is 0 Å².